The zero-order valence-electron chi connectivity index (χ0n) is 16.4. The van der Waals surface area contributed by atoms with Gasteiger partial charge in [-0.1, -0.05) is 36.4 Å². The van der Waals surface area contributed by atoms with Crippen molar-refractivity contribution in [1.29, 1.82) is 0 Å². The lowest BCUT2D eigenvalue weighted by atomic mass is 9.82. The van der Waals surface area contributed by atoms with Gasteiger partial charge in [-0.25, -0.2) is 9.59 Å². The van der Waals surface area contributed by atoms with Gasteiger partial charge in [0, 0.05) is 5.56 Å². The van der Waals surface area contributed by atoms with Crippen LogP contribution in [0.1, 0.15) is 22.6 Å². The SMILES string of the molecule is O=c1oc2ccccc2c(O)c1C1c2cccc(O)c2Oc2c1c(=O)oc1ccccc21. The largest absolute Gasteiger partial charge is 0.507 e. The minimum atomic E-state index is -1.08. The minimum Gasteiger partial charge on any atom is -0.507 e. The molecular formula is C25H14O7. The Balaban J connectivity index is 1.79. The molecular weight excluding hydrogens is 412 g/mol. The molecule has 0 aliphatic carbocycles. The fraction of sp³-hybridized carbons (Fsp3) is 0.0400. The second-order valence-electron chi connectivity index (χ2n) is 7.51. The maximum Gasteiger partial charge on any atom is 0.344 e. The first-order chi connectivity index (χ1) is 15.5. The van der Waals surface area contributed by atoms with Crippen LogP contribution in [0.2, 0.25) is 0 Å². The summed E-state index contributed by atoms with van der Waals surface area (Å²) in [6.45, 7) is 0. The Kier molecular flexibility index (Phi) is 3.70. The minimum absolute atomic E-state index is 0.0414. The molecule has 5 aromatic rings. The monoisotopic (exact) mass is 426 g/mol. The van der Waals surface area contributed by atoms with Crippen molar-refractivity contribution < 1.29 is 23.8 Å². The molecule has 0 amide bonds. The van der Waals surface area contributed by atoms with Gasteiger partial charge in [0.15, 0.2) is 11.5 Å². The third-order valence-corrected chi connectivity index (χ3v) is 5.74. The predicted molar refractivity (Wildman–Crippen MR) is 116 cm³/mol. The standard InChI is InChI=1S/C25H14O7/c26-15-9-5-8-14-18(19-21(27)12-6-1-3-10-16(12)30-24(19)28)20-23(32-22(14)15)13-7-2-4-11-17(13)31-25(20)29/h1-11,18,26-27H. The van der Waals surface area contributed by atoms with Gasteiger partial charge < -0.3 is 23.8 Å². The van der Waals surface area contributed by atoms with Crippen molar-refractivity contribution >= 4 is 21.9 Å². The third kappa shape index (κ3) is 2.42. The van der Waals surface area contributed by atoms with Gasteiger partial charge in [0.05, 0.1) is 27.8 Å². The summed E-state index contributed by atoms with van der Waals surface area (Å²) in [5, 5.41) is 22.4. The van der Waals surface area contributed by atoms with Gasteiger partial charge in [-0.15, -0.1) is 0 Å². The lowest BCUT2D eigenvalue weighted by Crippen LogP contribution is -2.24. The summed E-state index contributed by atoms with van der Waals surface area (Å²) in [5.41, 5.74) is -0.776. The van der Waals surface area contributed by atoms with Gasteiger partial charge in [-0.2, -0.15) is 0 Å². The van der Waals surface area contributed by atoms with Crippen molar-refractivity contribution in [3.8, 4) is 23.0 Å². The molecule has 3 heterocycles. The van der Waals surface area contributed by atoms with E-state index < -0.39 is 17.2 Å². The van der Waals surface area contributed by atoms with E-state index >= 15 is 0 Å². The first-order valence-corrected chi connectivity index (χ1v) is 9.84. The average Bonchev–Trinajstić information content (AvgIpc) is 2.79. The van der Waals surface area contributed by atoms with Gasteiger partial charge in [0.1, 0.15) is 22.7 Å². The second-order valence-corrected chi connectivity index (χ2v) is 7.51. The number of aromatic hydroxyl groups is 2. The number of hydrogen-bond acceptors (Lipinski definition) is 7. The molecule has 0 bridgehead atoms. The molecule has 156 valence electrons. The predicted octanol–water partition coefficient (Wildman–Crippen LogP) is 4.60. The molecule has 0 spiro atoms. The van der Waals surface area contributed by atoms with Crippen LogP contribution in [-0.2, 0) is 0 Å². The second kappa shape index (κ2) is 6.49. The van der Waals surface area contributed by atoms with Crippen molar-refractivity contribution in [2.24, 2.45) is 0 Å². The number of hydrogen-bond donors (Lipinski definition) is 2. The molecule has 6 rings (SSSR count). The molecule has 2 N–H and O–H groups in total. The summed E-state index contributed by atoms with van der Waals surface area (Å²) in [6, 6.07) is 18.0. The Morgan fingerprint density at radius 3 is 2.03 bits per heavy atom. The molecule has 0 saturated heterocycles. The maximum absolute atomic E-state index is 13.1. The quantitative estimate of drug-likeness (QED) is 0.370. The molecule has 1 unspecified atom stereocenters. The third-order valence-electron chi connectivity index (χ3n) is 5.74. The summed E-state index contributed by atoms with van der Waals surface area (Å²) in [6.07, 6.45) is 0. The highest BCUT2D eigenvalue weighted by molar-refractivity contribution is 5.88. The van der Waals surface area contributed by atoms with Gasteiger partial charge in [-0.3, -0.25) is 0 Å². The summed E-state index contributed by atoms with van der Waals surface area (Å²) >= 11 is 0. The molecule has 7 heteroatoms. The van der Waals surface area contributed by atoms with Crippen LogP contribution in [0, 0.1) is 0 Å². The summed E-state index contributed by atoms with van der Waals surface area (Å²) in [4.78, 5) is 26.2. The van der Waals surface area contributed by atoms with Crippen LogP contribution in [-0.4, -0.2) is 10.2 Å². The highest BCUT2D eigenvalue weighted by Crippen LogP contribution is 2.52. The highest BCUT2D eigenvalue weighted by Gasteiger charge is 2.39. The number of phenols is 1. The first kappa shape index (κ1) is 18.3. The average molecular weight is 426 g/mol. The lowest BCUT2D eigenvalue weighted by Gasteiger charge is -2.28. The topological polar surface area (TPSA) is 110 Å². The van der Waals surface area contributed by atoms with Crippen LogP contribution in [0.3, 0.4) is 0 Å². The number of fused-ring (bicyclic) bond motifs is 5. The van der Waals surface area contributed by atoms with Crippen LogP contribution in [0.25, 0.3) is 21.9 Å². The van der Waals surface area contributed by atoms with Gasteiger partial charge in [0.2, 0.25) is 0 Å². The normalized spacial score (nSPS) is 14.7. The number of rotatable bonds is 1. The van der Waals surface area contributed by atoms with Crippen LogP contribution < -0.4 is 16.0 Å². The fourth-order valence-corrected chi connectivity index (χ4v) is 4.34. The Morgan fingerprint density at radius 2 is 1.28 bits per heavy atom. The Labute approximate surface area is 179 Å². The molecule has 1 aliphatic rings. The van der Waals surface area contributed by atoms with Crippen LogP contribution in [0.4, 0.5) is 0 Å². The number of ether oxygens (including phenoxy) is 1. The van der Waals surface area contributed by atoms with E-state index in [0.717, 1.165) is 0 Å². The number of phenolic OH excluding ortho intramolecular Hbond substituents is 1. The lowest BCUT2D eigenvalue weighted by molar-refractivity contribution is 0.387. The van der Waals surface area contributed by atoms with E-state index in [1.807, 2.05) is 0 Å². The highest BCUT2D eigenvalue weighted by atomic mass is 16.5. The first-order valence-electron chi connectivity index (χ1n) is 9.84. The van der Waals surface area contributed by atoms with E-state index in [-0.39, 0.29) is 39.7 Å². The van der Waals surface area contributed by atoms with Crippen molar-refractivity contribution in [2.45, 2.75) is 5.92 Å². The summed E-state index contributed by atoms with van der Waals surface area (Å²) in [7, 11) is 0. The van der Waals surface area contributed by atoms with Crippen molar-refractivity contribution in [3.63, 3.8) is 0 Å². The summed E-state index contributed by atoms with van der Waals surface area (Å²) in [5.74, 6) is -1.31. The van der Waals surface area contributed by atoms with E-state index in [2.05, 4.69) is 0 Å². The van der Waals surface area contributed by atoms with Gasteiger partial charge in [-0.05, 0) is 30.3 Å². The Bertz CT molecular complexity index is 1650. The fourth-order valence-electron chi connectivity index (χ4n) is 4.34. The molecule has 0 fully saturated rings. The number of benzene rings is 3. The molecule has 0 saturated carbocycles. The summed E-state index contributed by atoms with van der Waals surface area (Å²) < 4.78 is 17.0. The smallest absolute Gasteiger partial charge is 0.344 e. The Hall–Kier alpha value is -4.52. The van der Waals surface area contributed by atoms with E-state index in [1.165, 1.54) is 6.07 Å². The van der Waals surface area contributed by atoms with E-state index in [4.69, 9.17) is 13.6 Å². The van der Waals surface area contributed by atoms with E-state index in [0.29, 0.717) is 21.9 Å². The van der Waals surface area contributed by atoms with Crippen molar-refractivity contribution in [2.75, 3.05) is 0 Å². The molecule has 1 atom stereocenters. The van der Waals surface area contributed by atoms with E-state index in [1.54, 1.807) is 60.7 Å². The zero-order valence-corrected chi connectivity index (χ0v) is 16.4. The molecule has 0 radical (unpaired) electrons. The molecule has 3 aromatic carbocycles. The van der Waals surface area contributed by atoms with Crippen molar-refractivity contribution in [3.05, 3.63) is 104 Å². The molecule has 1 aliphatic heterocycles. The number of para-hydroxylation sites is 3. The molecule has 32 heavy (non-hydrogen) atoms. The van der Waals surface area contributed by atoms with Crippen molar-refractivity contribution in [1.82, 2.24) is 0 Å². The van der Waals surface area contributed by atoms with Gasteiger partial charge in [0.25, 0.3) is 0 Å². The van der Waals surface area contributed by atoms with E-state index in [9.17, 15) is 19.8 Å². The Morgan fingerprint density at radius 1 is 0.656 bits per heavy atom. The molecule has 2 aromatic heterocycles. The van der Waals surface area contributed by atoms with Gasteiger partial charge >= 0.3 is 11.3 Å². The molecule has 7 nitrogen and oxygen atoms in total. The maximum atomic E-state index is 13.1. The zero-order chi connectivity index (χ0) is 22.0. The van der Waals surface area contributed by atoms with Crippen LogP contribution in [0.15, 0.2) is 85.2 Å². The van der Waals surface area contributed by atoms with Crippen LogP contribution >= 0.6 is 0 Å². The van der Waals surface area contributed by atoms with Crippen LogP contribution in [0.5, 0.6) is 23.0 Å².